The molecule has 2 unspecified atom stereocenters. The number of hydrogen-bond acceptors (Lipinski definition) is 6. The molecule has 1 aliphatic heterocycles. The first-order valence-corrected chi connectivity index (χ1v) is 14.3. The minimum Gasteiger partial charge on any atom is -0.497 e. The van der Waals surface area contributed by atoms with Gasteiger partial charge in [-0.15, -0.1) is 11.8 Å². The molecule has 9 heteroatoms. The van der Waals surface area contributed by atoms with Crippen molar-refractivity contribution in [3.8, 4) is 5.75 Å². The van der Waals surface area contributed by atoms with Crippen molar-refractivity contribution in [1.29, 1.82) is 0 Å². The maximum absolute atomic E-state index is 14.1. The highest BCUT2D eigenvalue weighted by molar-refractivity contribution is 7.99. The van der Waals surface area contributed by atoms with Crippen molar-refractivity contribution in [2.75, 3.05) is 30.1 Å². The lowest BCUT2D eigenvalue weighted by Crippen LogP contribution is -2.53. The van der Waals surface area contributed by atoms with E-state index in [4.69, 9.17) is 4.74 Å². The van der Waals surface area contributed by atoms with Crippen molar-refractivity contribution in [3.63, 3.8) is 0 Å². The zero-order valence-electron chi connectivity index (χ0n) is 23.1. The first-order valence-electron chi connectivity index (χ1n) is 13.4. The van der Waals surface area contributed by atoms with Crippen LogP contribution in [0.15, 0.2) is 89.8 Å². The lowest BCUT2D eigenvalue weighted by Gasteiger charge is -2.27. The van der Waals surface area contributed by atoms with E-state index in [1.54, 1.807) is 50.2 Å². The fourth-order valence-electron chi connectivity index (χ4n) is 4.76. The Bertz CT molecular complexity index is 1590. The van der Waals surface area contributed by atoms with E-state index in [0.29, 0.717) is 35.0 Å². The number of nitrogens with zero attached hydrogens (tertiary/aromatic N) is 1. The molecule has 0 aromatic heterocycles. The number of fused-ring (bicyclic) bond motifs is 2. The molecule has 3 N–H and O–H groups in total. The number of methoxy groups -OCH3 is 1. The van der Waals surface area contributed by atoms with E-state index >= 15 is 0 Å². The van der Waals surface area contributed by atoms with Crippen LogP contribution in [0.5, 0.6) is 5.75 Å². The van der Waals surface area contributed by atoms with Crippen molar-refractivity contribution in [2.24, 2.45) is 0 Å². The lowest BCUT2D eigenvalue weighted by molar-refractivity contribution is -0.128. The normalized spacial score (nSPS) is 15.5. The molecule has 0 saturated carbocycles. The molecule has 4 aromatic carbocycles. The summed E-state index contributed by atoms with van der Waals surface area (Å²) in [5, 5.41) is 11.0. The summed E-state index contributed by atoms with van der Waals surface area (Å²) in [7, 11) is 3.28. The SMILES string of the molecule is CNC(C)C(=O)NC1CSc2c(NC(=O)c3ccc(OC)cc3)cccc2N(Cc2cccc3ccccc23)C1=O. The number of carbonyl (C=O) groups is 3. The maximum atomic E-state index is 14.1. The summed E-state index contributed by atoms with van der Waals surface area (Å²) in [6.07, 6.45) is 0. The monoisotopic (exact) mass is 568 g/mol. The Morgan fingerprint density at radius 1 is 1.00 bits per heavy atom. The second kappa shape index (κ2) is 12.4. The molecule has 0 bridgehead atoms. The first-order chi connectivity index (χ1) is 19.9. The number of anilines is 2. The molecule has 4 aromatic rings. The standard InChI is InChI=1S/C32H32N4O4S/c1-20(33-2)30(37)35-27-19-41-29-26(34-31(38)22-14-16-24(40-3)17-15-22)12-7-13-28(29)36(32(27)39)18-23-10-6-9-21-8-4-5-11-25(21)23/h4-17,20,27,33H,18-19H2,1-3H3,(H,34,38)(H,35,37). The van der Waals surface area contributed by atoms with Gasteiger partial charge >= 0.3 is 0 Å². The van der Waals surface area contributed by atoms with Gasteiger partial charge in [0, 0.05) is 11.3 Å². The van der Waals surface area contributed by atoms with Gasteiger partial charge in [-0.25, -0.2) is 0 Å². The molecule has 0 radical (unpaired) electrons. The minimum atomic E-state index is -0.754. The highest BCUT2D eigenvalue weighted by Crippen LogP contribution is 2.41. The van der Waals surface area contributed by atoms with E-state index in [1.165, 1.54) is 11.8 Å². The number of likely N-dealkylation sites (N-methyl/N-ethyl adjacent to an activating group) is 1. The molecule has 0 saturated heterocycles. The van der Waals surface area contributed by atoms with E-state index < -0.39 is 12.1 Å². The molecule has 1 heterocycles. The van der Waals surface area contributed by atoms with E-state index in [2.05, 4.69) is 16.0 Å². The fraction of sp³-hybridized carbons (Fsp3) is 0.219. The van der Waals surface area contributed by atoms with Crippen molar-refractivity contribution in [2.45, 2.75) is 30.4 Å². The summed E-state index contributed by atoms with van der Waals surface area (Å²) in [5.74, 6) is 0.240. The Kier molecular flexibility index (Phi) is 8.56. The molecule has 0 spiro atoms. The van der Waals surface area contributed by atoms with Crippen molar-refractivity contribution < 1.29 is 19.1 Å². The van der Waals surface area contributed by atoms with Crippen LogP contribution < -0.4 is 25.6 Å². The van der Waals surface area contributed by atoms with Gasteiger partial charge < -0.3 is 25.6 Å². The average molecular weight is 569 g/mol. The van der Waals surface area contributed by atoms with Gasteiger partial charge in [-0.1, -0.05) is 48.5 Å². The summed E-state index contributed by atoms with van der Waals surface area (Å²) < 4.78 is 5.21. The zero-order chi connectivity index (χ0) is 28.9. The molecule has 3 amide bonds. The van der Waals surface area contributed by atoms with Gasteiger partial charge in [0.1, 0.15) is 11.8 Å². The fourth-order valence-corrected chi connectivity index (χ4v) is 5.92. The van der Waals surface area contributed by atoms with Crippen molar-refractivity contribution in [3.05, 3.63) is 96.1 Å². The zero-order valence-corrected chi connectivity index (χ0v) is 24.0. The summed E-state index contributed by atoms with van der Waals surface area (Å²) in [6.45, 7) is 2.05. The smallest absolute Gasteiger partial charge is 0.255 e. The molecule has 1 aliphatic rings. The Hall–Kier alpha value is -4.34. The Morgan fingerprint density at radius 2 is 1.73 bits per heavy atom. The third-order valence-electron chi connectivity index (χ3n) is 7.20. The predicted octanol–water partition coefficient (Wildman–Crippen LogP) is 4.83. The molecule has 8 nitrogen and oxygen atoms in total. The van der Waals surface area contributed by atoms with Crippen LogP contribution in [-0.4, -0.2) is 49.7 Å². The second-order valence-corrected chi connectivity index (χ2v) is 10.8. The quantitative estimate of drug-likeness (QED) is 0.282. The topological polar surface area (TPSA) is 99.8 Å². The highest BCUT2D eigenvalue weighted by atomic mass is 32.2. The number of hydrogen-bond donors (Lipinski definition) is 3. The predicted molar refractivity (Wildman–Crippen MR) is 164 cm³/mol. The second-order valence-electron chi connectivity index (χ2n) is 9.78. The van der Waals surface area contributed by atoms with E-state index in [0.717, 1.165) is 21.2 Å². The largest absolute Gasteiger partial charge is 0.497 e. The third kappa shape index (κ3) is 6.06. The maximum Gasteiger partial charge on any atom is 0.255 e. The van der Waals surface area contributed by atoms with Gasteiger partial charge in [-0.05, 0) is 66.7 Å². The molecule has 5 rings (SSSR count). The average Bonchev–Trinajstić information content (AvgIpc) is 3.13. The summed E-state index contributed by atoms with van der Waals surface area (Å²) in [5.41, 5.74) is 2.74. The van der Waals surface area contributed by atoms with Crippen LogP contribution >= 0.6 is 11.8 Å². The van der Waals surface area contributed by atoms with E-state index in [-0.39, 0.29) is 17.7 Å². The number of nitrogens with one attached hydrogen (secondary N) is 3. The van der Waals surface area contributed by atoms with Crippen LogP contribution in [0, 0.1) is 0 Å². The molecule has 210 valence electrons. The van der Waals surface area contributed by atoms with Gasteiger partial charge in [0.2, 0.25) is 5.91 Å². The number of benzene rings is 4. The highest BCUT2D eigenvalue weighted by Gasteiger charge is 2.34. The minimum absolute atomic E-state index is 0.209. The summed E-state index contributed by atoms with van der Waals surface area (Å²) >= 11 is 1.44. The Morgan fingerprint density at radius 3 is 2.49 bits per heavy atom. The summed E-state index contributed by atoms with van der Waals surface area (Å²) in [4.78, 5) is 42.6. The Labute approximate surface area is 243 Å². The number of ether oxygens (including phenoxy) is 1. The van der Waals surface area contributed by atoms with Crippen molar-refractivity contribution >= 4 is 51.6 Å². The molecule has 0 aliphatic carbocycles. The lowest BCUT2D eigenvalue weighted by atomic mass is 10.0. The molecule has 0 fully saturated rings. The van der Waals surface area contributed by atoms with Gasteiger partial charge in [0.15, 0.2) is 0 Å². The van der Waals surface area contributed by atoms with E-state index in [1.807, 2.05) is 60.7 Å². The number of carbonyl (C=O) groups excluding carboxylic acids is 3. The van der Waals surface area contributed by atoms with Crippen LogP contribution in [0.3, 0.4) is 0 Å². The Balaban J connectivity index is 1.52. The van der Waals surface area contributed by atoms with Crippen molar-refractivity contribution in [1.82, 2.24) is 10.6 Å². The van der Waals surface area contributed by atoms with Crippen LogP contribution in [0.1, 0.15) is 22.8 Å². The molecular formula is C32H32N4O4S. The van der Waals surface area contributed by atoms with E-state index in [9.17, 15) is 14.4 Å². The number of amides is 3. The van der Waals surface area contributed by atoms with Crippen LogP contribution in [0.25, 0.3) is 10.8 Å². The number of thioether (sulfide) groups is 1. The molecule has 2 atom stereocenters. The van der Waals surface area contributed by atoms with Gasteiger partial charge in [0.05, 0.1) is 36.0 Å². The summed E-state index contributed by atoms with van der Waals surface area (Å²) in [6, 6.07) is 25.3. The third-order valence-corrected chi connectivity index (χ3v) is 8.41. The van der Waals surface area contributed by atoms with Gasteiger partial charge in [-0.2, -0.15) is 0 Å². The first kappa shape index (κ1) is 28.2. The van der Waals surface area contributed by atoms with Crippen LogP contribution in [0.2, 0.25) is 0 Å². The van der Waals surface area contributed by atoms with Crippen LogP contribution in [-0.2, 0) is 16.1 Å². The number of rotatable bonds is 8. The van der Waals surface area contributed by atoms with Gasteiger partial charge in [0.25, 0.3) is 11.8 Å². The molecular weight excluding hydrogens is 536 g/mol. The molecule has 41 heavy (non-hydrogen) atoms. The van der Waals surface area contributed by atoms with Crippen LogP contribution in [0.4, 0.5) is 11.4 Å². The van der Waals surface area contributed by atoms with Gasteiger partial charge in [-0.3, -0.25) is 14.4 Å².